The average Bonchev–Trinajstić information content (AvgIpc) is 3.23. The highest BCUT2D eigenvalue weighted by molar-refractivity contribution is 7.89. The van der Waals surface area contributed by atoms with Crippen LogP contribution in [0.3, 0.4) is 0 Å². The molecule has 8 nitrogen and oxygen atoms in total. The van der Waals surface area contributed by atoms with Crippen LogP contribution >= 0.6 is 11.6 Å². The minimum absolute atomic E-state index is 0.0516. The second-order valence-corrected chi connectivity index (χ2v) is 10.2. The van der Waals surface area contributed by atoms with Crippen molar-refractivity contribution in [3.05, 3.63) is 77.8 Å². The van der Waals surface area contributed by atoms with Crippen LogP contribution < -0.4 is 10.0 Å². The smallest absolute Gasteiger partial charge is 0.260 e. The van der Waals surface area contributed by atoms with Crippen molar-refractivity contribution in [2.24, 2.45) is 0 Å². The summed E-state index contributed by atoms with van der Waals surface area (Å²) in [6.45, 7) is 0.678. The van der Waals surface area contributed by atoms with E-state index in [1.165, 1.54) is 12.3 Å². The zero-order valence-electron chi connectivity index (χ0n) is 17.6. The van der Waals surface area contributed by atoms with Gasteiger partial charge in [0.05, 0.1) is 12.1 Å². The Kier molecular flexibility index (Phi) is 6.07. The van der Waals surface area contributed by atoms with Gasteiger partial charge >= 0.3 is 0 Å². The summed E-state index contributed by atoms with van der Waals surface area (Å²) >= 11 is 6.06. The molecule has 3 heterocycles. The van der Waals surface area contributed by atoms with Crippen molar-refractivity contribution in [3.8, 4) is 0 Å². The number of nitrogens with zero attached hydrogens (tertiary/aromatic N) is 2. The fraction of sp³-hybridized carbons (Fsp3) is 0.304. The first-order valence-corrected chi connectivity index (χ1v) is 12.6. The molecule has 0 saturated carbocycles. The van der Waals surface area contributed by atoms with Gasteiger partial charge in [0.1, 0.15) is 5.52 Å². The second kappa shape index (κ2) is 9.00. The van der Waals surface area contributed by atoms with Crippen molar-refractivity contribution in [2.45, 2.75) is 42.2 Å². The summed E-state index contributed by atoms with van der Waals surface area (Å²) in [7, 11) is -3.89. The van der Waals surface area contributed by atoms with E-state index in [-0.39, 0.29) is 17.2 Å². The predicted octanol–water partition coefficient (Wildman–Crippen LogP) is 3.88. The molecular formula is C23H23ClN4O4S. The van der Waals surface area contributed by atoms with E-state index in [0.717, 1.165) is 5.52 Å². The van der Waals surface area contributed by atoms with Crippen LogP contribution in [-0.4, -0.2) is 36.8 Å². The number of rotatable bonds is 6. The van der Waals surface area contributed by atoms with E-state index in [2.05, 4.69) is 20.0 Å². The van der Waals surface area contributed by atoms with Crippen LogP contribution in [0.25, 0.3) is 11.1 Å². The number of aromatic nitrogens is 2. The van der Waals surface area contributed by atoms with E-state index < -0.39 is 15.7 Å². The lowest BCUT2D eigenvalue weighted by Crippen LogP contribution is -2.52. The Morgan fingerprint density at radius 1 is 1.24 bits per heavy atom. The fourth-order valence-electron chi connectivity index (χ4n) is 4.11. The number of ether oxygens (including phenoxy) is 1. The Morgan fingerprint density at radius 2 is 2.15 bits per heavy atom. The maximum Gasteiger partial charge on any atom is 0.260 e. The van der Waals surface area contributed by atoms with Gasteiger partial charge in [0, 0.05) is 23.7 Å². The summed E-state index contributed by atoms with van der Waals surface area (Å²) < 4.78 is 41.1. The van der Waals surface area contributed by atoms with Crippen molar-refractivity contribution in [1.29, 1.82) is 0 Å². The molecule has 0 spiro atoms. The highest BCUT2D eigenvalue weighted by Gasteiger charge is 2.39. The van der Waals surface area contributed by atoms with Crippen LogP contribution in [0.1, 0.15) is 31.2 Å². The number of allylic oxidation sites excluding steroid dienone is 2. The number of fused-ring (bicyclic) bond motifs is 1. The predicted molar refractivity (Wildman–Crippen MR) is 124 cm³/mol. The molecule has 2 N–H and O–H groups in total. The van der Waals surface area contributed by atoms with Gasteiger partial charge < -0.3 is 14.5 Å². The molecule has 3 aromatic rings. The Hall–Kier alpha value is -2.56. The average molecular weight is 487 g/mol. The summed E-state index contributed by atoms with van der Waals surface area (Å²) in [5.74, 6) is 0.558. The molecule has 2 aromatic heterocycles. The largest absolute Gasteiger partial charge is 0.439 e. The van der Waals surface area contributed by atoms with Crippen molar-refractivity contribution >= 4 is 32.7 Å². The monoisotopic (exact) mass is 486 g/mol. The minimum Gasteiger partial charge on any atom is -0.439 e. The van der Waals surface area contributed by atoms with Gasteiger partial charge in [-0.25, -0.2) is 18.4 Å². The molecule has 3 atom stereocenters. The quantitative estimate of drug-likeness (QED) is 0.509. The molecule has 5 rings (SSSR count). The number of nitrogens with one attached hydrogen (secondary N) is 2. The SMILES string of the molecule is O=S(=O)(NC1(OC2CCNC(c3nc4ccc(Cl)cc4o3)C2)C=CC=CC1)c1ccccn1. The number of oxazole rings is 1. The molecule has 1 aliphatic heterocycles. The van der Waals surface area contributed by atoms with Crippen molar-refractivity contribution in [3.63, 3.8) is 0 Å². The van der Waals surface area contributed by atoms with Crippen LogP contribution in [0.4, 0.5) is 0 Å². The van der Waals surface area contributed by atoms with Gasteiger partial charge in [-0.1, -0.05) is 35.9 Å². The summed E-state index contributed by atoms with van der Waals surface area (Å²) in [4.78, 5) is 8.57. The van der Waals surface area contributed by atoms with E-state index >= 15 is 0 Å². The first kappa shape index (κ1) is 22.2. The molecule has 172 valence electrons. The molecule has 2 aliphatic rings. The third-order valence-corrected chi connectivity index (χ3v) is 7.29. The minimum atomic E-state index is -3.89. The van der Waals surface area contributed by atoms with Crippen LogP contribution in [0.15, 0.2) is 76.3 Å². The third kappa shape index (κ3) is 4.87. The Bertz CT molecular complexity index is 1310. The van der Waals surface area contributed by atoms with Gasteiger partial charge in [-0.05, 0) is 49.7 Å². The van der Waals surface area contributed by atoms with Gasteiger partial charge in [0.25, 0.3) is 10.0 Å². The van der Waals surface area contributed by atoms with Crippen molar-refractivity contribution < 1.29 is 17.6 Å². The molecule has 1 aliphatic carbocycles. The number of piperidine rings is 1. The first-order valence-electron chi connectivity index (χ1n) is 10.7. The van der Waals surface area contributed by atoms with Gasteiger partial charge in [-0.3, -0.25) is 0 Å². The highest BCUT2D eigenvalue weighted by atomic mass is 35.5. The van der Waals surface area contributed by atoms with Crippen molar-refractivity contribution in [1.82, 2.24) is 20.0 Å². The standard InChI is InChI=1S/C23H23ClN4O4S/c24-16-7-8-18-20(14-16)31-22(27-18)19-15-17(9-13-25-19)32-23(10-3-1-4-11-23)28-33(29,30)21-6-2-5-12-26-21/h1-8,10,12,14,17,19,25,28H,9,11,13,15H2. The van der Waals surface area contributed by atoms with E-state index in [1.807, 2.05) is 18.2 Å². The molecule has 0 bridgehead atoms. The maximum absolute atomic E-state index is 13.0. The van der Waals surface area contributed by atoms with Gasteiger partial charge in [-0.15, -0.1) is 0 Å². The Morgan fingerprint density at radius 3 is 2.94 bits per heavy atom. The Balaban J connectivity index is 1.36. The lowest BCUT2D eigenvalue weighted by molar-refractivity contribution is -0.0862. The highest BCUT2D eigenvalue weighted by Crippen LogP contribution is 2.32. The molecule has 1 aromatic carbocycles. The lowest BCUT2D eigenvalue weighted by Gasteiger charge is -2.38. The zero-order valence-corrected chi connectivity index (χ0v) is 19.2. The van der Waals surface area contributed by atoms with E-state index in [1.54, 1.807) is 36.4 Å². The van der Waals surface area contributed by atoms with E-state index in [9.17, 15) is 8.42 Å². The third-order valence-electron chi connectivity index (χ3n) is 5.65. The number of sulfonamides is 1. The van der Waals surface area contributed by atoms with Gasteiger partial charge in [0.2, 0.25) is 5.89 Å². The fourth-order valence-corrected chi connectivity index (χ4v) is 5.49. The zero-order chi connectivity index (χ0) is 22.9. The van der Waals surface area contributed by atoms with Gasteiger partial charge in [0.15, 0.2) is 16.3 Å². The van der Waals surface area contributed by atoms with Gasteiger partial charge in [-0.2, -0.15) is 4.72 Å². The normalized spacial score (nSPS) is 25.5. The van der Waals surface area contributed by atoms with E-state index in [4.69, 9.17) is 20.8 Å². The molecule has 0 amide bonds. The van der Waals surface area contributed by atoms with E-state index in [0.29, 0.717) is 42.3 Å². The molecule has 3 unspecified atom stereocenters. The molecule has 1 saturated heterocycles. The van der Waals surface area contributed by atoms with Crippen LogP contribution in [-0.2, 0) is 14.8 Å². The topological polar surface area (TPSA) is 106 Å². The maximum atomic E-state index is 13.0. The summed E-state index contributed by atoms with van der Waals surface area (Å²) in [6, 6.07) is 9.94. The number of benzene rings is 1. The van der Waals surface area contributed by atoms with Crippen molar-refractivity contribution in [2.75, 3.05) is 6.54 Å². The molecular weight excluding hydrogens is 464 g/mol. The van der Waals surface area contributed by atoms with Crippen LogP contribution in [0, 0.1) is 0 Å². The summed E-state index contributed by atoms with van der Waals surface area (Å²) in [5, 5.41) is 3.95. The van der Waals surface area contributed by atoms with Crippen LogP contribution in [0.2, 0.25) is 5.02 Å². The summed E-state index contributed by atoms with van der Waals surface area (Å²) in [6.07, 6.45) is 10.2. The second-order valence-electron chi connectivity index (χ2n) is 8.09. The molecule has 1 fully saturated rings. The van der Waals surface area contributed by atoms with Crippen LogP contribution in [0.5, 0.6) is 0 Å². The number of hydrogen-bond donors (Lipinski definition) is 2. The Labute approximate surface area is 196 Å². The molecule has 0 radical (unpaired) electrons. The number of pyridine rings is 1. The number of halogens is 1. The first-order chi connectivity index (χ1) is 15.9. The lowest BCUT2D eigenvalue weighted by atomic mass is 9.99. The summed E-state index contributed by atoms with van der Waals surface area (Å²) in [5.41, 5.74) is 0.161. The molecule has 10 heteroatoms. The molecule has 33 heavy (non-hydrogen) atoms. The number of hydrogen-bond acceptors (Lipinski definition) is 7.